The summed E-state index contributed by atoms with van der Waals surface area (Å²) in [6.45, 7) is 3.20. The predicted octanol–water partition coefficient (Wildman–Crippen LogP) is 1.14. The second-order valence-electron chi connectivity index (χ2n) is 5.41. The number of rotatable bonds is 5. The van der Waals surface area contributed by atoms with E-state index in [0.717, 1.165) is 12.8 Å². The lowest BCUT2D eigenvalue weighted by Gasteiger charge is -2.43. The maximum atomic E-state index is 12.2. The van der Waals surface area contributed by atoms with Crippen LogP contribution in [0.3, 0.4) is 0 Å². The Morgan fingerprint density at radius 3 is 2.58 bits per heavy atom. The molecule has 1 unspecified atom stereocenters. The van der Waals surface area contributed by atoms with Gasteiger partial charge < -0.3 is 14.9 Å². The highest BCUT2D eigenvalue weighted by Gasteiger charge is 2.41. The Kier molecular flexibility index (Phi) is 3.93. The van der Waals surface area contributed by atoms with Crippen LogP contribution in [0.5, 0.6) is 0 Å². The fraction of sp³-hybridized carbons (Fsp3) is 0.769. The van der Waals surface area contributed by atoms with E-state index in [4.69, 9.17) is 10.4 Å². The van der Waals surface area contributed by atoms with Gasteiger partial charge in [0.05, 0.1) is 18.4 Å². The van der Waals surface area contributed by atoms with Gasteiger partial charge in [-0.15, -0.1) is 0 Å². The van der Waals surface area contributed by atoms with Crippen LogP contribution in [-0.2, 0) is 4.79 Å². The lowest BCUT2D eigenvalue weighted by atomic mass is 9.87. The molecule has 0 aromatic heterocycles. The number of carbonyl (C=O) groups is 2. The van der Waals surface area contributed by atoms with Crippen LogP contribution >= 0.6 is 0 Å². The highest BCUT2D eigenvalue weighted by Crippen LogP contribution is 2.31. The minimum Gasteiger partial charge on any atom is -0.481 e. The summed E-state index contributed by atoms with van der Waals surface area (Å²) in [5, 5.41) is 17.5. The molecule has 1 atom stereocenters. The first kappa shape index (κ1) is 13.7. The van der Waals surface area contributed by atoms with Crippen LogP contribution < -0.4 is 0 Å². The second kappa shape index (κ2) is 5.47. The van der Waals surface area contributed by atoms with Crippen LogP contribution in [0.15, 0.2) is 0 Å². The standard InChI is InChI=1S/C13H19N3O3/c1-9(12(17)18)10-7-15(8-10)13(19)16(6-2-5-14)11-3-4-11/h9-11H,2-4,6-8H2,1H3,(H,17,18). The van der Waals surface area contributed by atoms with Gasteiger partial charge in [0.25, 0.3) is 0 Å². The van der Waals surface area contributed by atoms with E-state index >= 15 is 0 Å². The van der Waals surface area contributed by atoms with Crippen LogP contribution in [0.25, 0.3) is 0 Å². The maximum absolute atomic E-state index is 12.2. The zero-order chi connectivity index (χ0) is 14.0. The average molecular weight is 265 g/mol. The lowest BCUT2D eigenvalue weighted by molar-refractivity contribution is -0.144. The number of aliphatic carboxylic acids is 1. The fourth-order valence-corrected chi connectivity index (χ4v) is 2.36. The Labute approximate surface area is 112 Å². The number of hydrogen-bond acceptors (Lipinski definition) is 3. The first-order valence-corrected chi connectivity index (χ1v) is 6.70. The molecule has 2 rings (SSSR count). The van der Waals surface area contributed by atoms with Crippen LogP contribution in [0, 0.1) is 23.2 Å². The Morgan fingerprint density at radius 1 is 1.47 bits per heavy atom. The topological polar surface area (TPSA) is 84.6 Å². The SMILES string of the molecule is CC(C(=O)O)C1CN(C(=O)N(CCC#N)C2CC2)C1. The maximum Gasteiger partial charge on any atom is 0.320 e. The number of nitrogens with zero attached hydrogens (tertiary/aromatic N) is 3. The van der Waals surface area contributed by atoms with Gasteiger partial charge >= 0.3 is 12.0 Å². The monoisotopic (exact) mass is 265 g/mol. The number of amides is 2. The number of likely N-dealkylation sites (tertiary alicyclic amines) is 1. The molecule has 0 bridgehead atoms. The van der Waals surface area contributed by atoms with Crippen molar-refractivity contribution < 1.29 is 14.7 Å². The van der Waals surface area contributed by atoms with E-state index in [1.807, 2.05) is 0 Å². The van der Waals surface area contributed by atoms with Crippen molar-refractivity contribution in [1.82, 2.24) is 9.80 Å². The molecule has 6 heteroatoms. The molecule has 19 heavy (non-hydrogen) atoms. The normalized spacial score (nSPS) is 20.3. The molecule has 6 nitrogen and oxygen atoms in total. The van der Waals surface area contributed by atoms with Gasteiger partial charge in [-0.1, -0.05) is 6.92 Å². The van der Waals surface area contributed by atoms with E-state index < -0.39 is 11.9 Å². The second-order valence-corrected chi connectivity index (χ2v) is 5.41. The number of carboxylic acid groups (broad SMARTS) is 1. The third-order valence-electron chi connectivity index (χ3n) is 3.97. The summed E-state index contributed by atoms with van der Waals surface area (Å²) in [5.41, 5.74) is 0. The molecular weight excluding hydrogens is 246 g/mol. The zero-order valence-electron chi connectivity index (χ0n) is 11.1. The first-order chi connectivity index (χ1) is 9.04. The van der Waals surface area contributed by atoms with Crippen molar-refractivity contribution in [1.29, 1.82) is 5.26 Å². The summed E-state index contributed by atoms with van der Waals surface area (Å²) in [6, 6.07) is 2.32. The van der Waals surface area contributed by atoms with E-state index in [2.05, 4.69) is 6.07 Å². The van der Waals surface area contributed by atoms with Crippen LogP contribution in [0.1, 0.15) is 26.2 Å². The van der Waals surface area contributed by atoms with Crippen LogP contribution in [0.4, 0.5) is 4.79 Å². The molecule has 1 saturated carbocycles. The van der Waals surface area contributed by atoms with Crippen LogP contribution in [0.2, 0.25) is 0 Å². The highest BCUT2D eigenvalue weighted by atomic mass is 16.4. The van der Waals surface area contributed by atoms with Gasteiger partial charge in [0.15, 0.2) is 0 Å². The summed E-state index contributed by atoms with van der Waals surface area (Å²) in [4.78, 5) is 26.6. The summed E-state index contributed by atoms with van der Waals surface area (Å²) in [5.74, 6) is -1.16. The summed E-state index contributed by atoms with van der Waals surface area (Å²) in [7, 11) is 0. The Balaban J connectivity index is 1.84. The van der Waals surface area contributed by atoms with Crippen molar-refractivity contribution in [3.05, 3.63) is 0 Å². The Morgan fingerprint density at radius 2 is 2.11 bits per heavy atom. The molecule has 2 fully saturated rings. The molecule has 0 radical (unpaired) electrons. The highest BCUT2D eigenvalue weighted by molar-refractivity contribution is 5.77. The molecule has 1 N–H and O–H groups in total. The first-order valence-electron chi connectivity index (χ1n) is 6.70. The van der Waals surface area contributed by atoms with Gasteiger partial charge in [0.2, 0.25) is 0 Å². The van der Waals surface area contributed by atoms with Crippen molar-refractivity contribution in [2.45, 2.75) is 32.2 Å². The quantitative estimate of drug-likeness (QED) is 0.807. The van der Waals surface area contributed by atoms with Crippen molar-refractivity contribution in [3.8, 4) is 6.07 Å². The van der Waals surface area contributed by atoms with E-state index in [-0.39, 0.29) is 18.0 Å². The van der Waals surface area contributed by atoms with Crippen molar-refractivity contribution in [2.75, 3.05) is 19.6 Å². The molecule has 1 heterocycles. The largest absolute Gasteiger partial charge is 0.481 e. The van der Waals surface area contributed by atoms with Gasteiger partial charge in [-0.3, -0.25) is 4.79 Å². The minimum atomic E-state index is -0.805. The molecule has 0 aromatic carbocycles. The van der Waals surface area contributed by atoms with Crippen molar-refractivity contribution in [3.63, 3.8) is 0 Å². The summed E-state index contributed by atoms with van der Waals surface area (Å²) < 4.78 is 0. The van der Waals surface area contributed by atoms with Gasteiger partial charge in [0.1, 0.15) is 0 Å². The van der Waals surface area contributed by atoms with E-state index in [9.17, 15) is 9.59 Å². The number of nitriles is 1. The van der Waals surface area contributed by atoms with E-state index in [1.54, 1.807) is 16.7 Å². The molecule has 1 aliphatic carbocycles. The predicted molar refractivity (Wildman–Crippen MR) is 67.2 cm³/mol. The fourth-order valence-electron chi connectivity index (χ4n) is 2.36. The van der Waals surface area contributed by atoms with Gasteiger partial charge in [-0.05, 0) is 12.8 Å². The molecule has 0 spiro atoms. The van der Waals surface area contributed by atoms with Gasteiger partial charge in [-0.25, -0.2) is 4.79 Å². The molecule has 0 aromatic rings. The van der Waals surface area contributed by atoms with Gasteiger partial charge in [0, 0.05) is 31.6 Å². The molecule has 2 aliphatic rings. The third kappa shape index (κ3) is 2.98. The lowest BCUT2D eigenvalue weighted by Crippen LogP contribution is -2.57. The molecule has 1 saturated heterocycles. The number of carboxylic acids is 1. The average Bonchev–Trinajstić information content (AvgIpc) is 3.11. The third-order valence-corrected chi connectivity index (χ3v) is 3.97. The number of urea groups is 1. The molecular formula is C13H19N3O3. The van der Waals surface area contributed by atoms with Gasteiger partial charge in [-0.2, -0.15) is 5.26 Å². The zero-order valence-corrected chi connectivity index (χ0v) is 11.1. The molecule has 104 valence electrons. The van der Waals surface area contributed by atoms with Crippen molar-refractivity contribution >= 4 is 12.0 Å². The summed E-state index contributed by atoms with van der Waals surface area (Å²) >= 11 is 0. The number of hydrogen-bond donors (Lipinski definition) is 1. The van der Waals surface area contributed by atoms with E-state index in [1.165, 1.54) is 0 Å². The Bertz CT molecular complexity index is 408. The minimum absolute atomic E-state index is 0.0356. The summed E-state index contributed by atoms with van der Waals surface area (Å²) in [6.07, 6.45) is 2.38. The Hall–Kier alpha value is -1.77. The van der Waals surface area contributed by atoms with E-state index in [0.29, 0.717) is 26.1 Å². The smallest absolute Gasteiger partial charge is 0.320 e. The molecule has 1 aliphatic heterocycles. The van der Waals surface area contributed by atoms with Crippen molar-refractivity contribution in [2.24, 2.45) is 11.8 Å². The molecule has 2 amide bonds. The number of carbonyl (C=O) groups excluding carboxylic acids is 1. The van der Waals surface area contributed by atoms with Crippen LogP contribution in [-0.4, -0.2) is 52.6 Å².